The molecule has 0 radical (unpaired) electrons. The molecule has 214 valence electrons. The summed E-state index contributed by atoms with van der Waals surface area (Å²) in [5.74, 6) is 4.88. The maximum Gasteiger partial charge on any atom is 0.345 e. The fraction of sp³-hybridized carbons (Fsp3) is 0.694. The molecule has 5 rings (SSSR count). The number of esters is 1. The topological polar surface area (TPSA) is 26.3 Å². The Morgan fingerprint density at radius 2 is 1.79 bits per heavy atom. The number of carbonyl (C=O) groups excluding carboxylic acids is 1. The number of fused-ring (bicyclic) bond motifs is 5. The molecule has 0 N–H and O–H groups in total. The highest BCUT2D eigenvalue weighted by molar-refractivity contribution is 9.12. The van der Waals surface area contributed by atoms with Gasteiger partial charge in [0.15, 0.2) is 0 Å². The van der Waals surface area contributed by atoms with Crippen LogP contribution in [0.15, 0.2) is 46.5 Å². The zero-order valence-electron chi connectivity index (χ0n) is 25.1. The summed E-state index contributed by atoms with van der Waals surface area (Å²) in [5.41, 5.74) is 3.40. The van der Waals surface area contributed by atoms with Crippen molar-refractivity contribution in [3.8, 4) is 0 Å². The summed E-state index contributed by atoms with van der Waals surface area (Å²) in [6.07, 6.45) is 18.6. The van der Waals surface area contributed by atoms with E-state index in [1.165, 1.54) is 51.4 Å². The summed E-state index contributed by atoms with van der Waals surface area (Å²) in [7, 11) is 0. The van der Waals surface area contributed by atoms with Crippen molar-refractivity contribution in [2.24, 2.45) is 46.3 Å². The molecule has 39 heavy (non-hydrogen) atoms. The van der Waals surface area contributed by atoms with E-state index >= 15 is 0 Å². The van der Waals surface area contributed by atoms with Crippen LogP contribution < -0.4 is 0 Å². The molecular formula is C36H51BrO2. The van der Waals surface area contributed by atoms with Gasteiger partial charge in [-0.15, -0.1) is 0 Å². The Morgan fingerprint density at radius 1 is 1.03 bits per heavy atom. The molecule has 3 heteroatoms. The quantitative estimate of drug-likeness (QED) is 0.170. The SMILES string of the molecule is CC(C)CCC[C@@H](C)[C@H]1CC[C@@H]2[C@H]3CC=C4C[C@@H](OC(=O)/C(Br)=C/c5ccccc5)CC[C@]4(C)[C@H]3CC[C@@]21C. The Morgan fingerprint density at radius 3 is 2.54 bits per heavy atom. The lowest BCUT2D eigenvalue weighted by atomic mass is 9.47. The number of carbonyl (C=O) groups is 1. The molecule has 0 amide bonds. The van der Waals surface area contributed by atoms with Crippen molar-refractivity contribution in [3.63, 3.8) is 0 Å². The number of benzene rings is 1. The van der Waals surface area contributed by atoms with Crippen LogP contribution in [0, 0.1) is 46.3 Å². The second-order valence-electron chi connectivity index (χ2n) is 14.5. The van der Waals surface area contributed by atoms with Gasteiger partial charge in [-0.25, -0.2) is 4.79 Å². The number of ether oxygens (including phenoxy) is 1. The van der Waals surface area contributed by atoms with Gasteiger partial charge in [0.2, 0.25) is 0 Å². The number of allylic oxidation sites excluding steroid dienone is 1. The molecule has 0 spiro atoms. The van der Waals surface area contributed by atoms with Crippen molar-refractivity contribution < 1.29 is 9.53 Å². The molecule has 1 aromatic carbocycles. The number of halogens is 1. The first-order valence-corrected chi connectivity index (χ1v) is 16.7. The second-order valence-corrected chi connectivity index (χ2v) is 15.3. The zero-order chi connectivity index (χ0) is 27.8. The summed E-state index contributed by atoms with van der Waals surface area (Å²) in [4.78, 5) is 12.9. The highest BCUT2D eigenvalue weighted by Gasteiger charge is 2.59. The lowest BCUT2D eigenvalue weighted by molar-refractivity contribution is -0.145. The van der Waals surface area contributed by atoms with Crippen LogP contribution in [0.4, 0.5) is 0 Å². The third-order valence-electron chi connectivity index (χ3n) is 11.8. The molecule has 2 nitrogen and oxygen atoms in total. The minimum Gasteiger partial charge on any atom is -0.458 e. The monoisotopic (exact) mass is 594 g/mol. The largest absolute Gasteiger partial charge is 0.458 e. The number of rotatable bonds is 8. The van der Waals surface area contributed by atoms with Crippen LogP contribution in [-0.2, 0) is 9.53 Å². The van der Waals surface area contributed by atoms with Crippen LogP contribution in [-0.4, -0.2) is 12.1 Å². The normalized spacial score (nSPS) is 36.9. The van der Waals surface area contributed by atoms with Crippen LogP contribution in [0.25, 0.3) is 6.08 Å². The van der Waals surface area contributed by atoms with Gasteiger partial charge in [-0.1, -0.05) is 95.9 Å². The average Bonchev–Trinajstić information content (AvgIpc) is 3.26. The Bertz CT molecular complexity index is 1070. The molecule has 0 heterocycles. The molecule has 0 saturated heterocycles. The van der Waals surface area contributed by atoms with Gasteiger partial charge in [0.05, 0.1) is 0 Å². The second kappa shape index (κ2) is 11.9. The van der Waals surface area contributed by atoms with E-state index in [9.17, 15) is 4.79 Å². The molecule has 0 aromatic heterocycles. The summed E-state index contributed by atoms with van der Waals surface area (Å²) < 4.78 is 6.53. The van der Waals surface area contributed by atoms with E-state index < -0.39 is 0 Å². The van der Waals surface area contributed by atoms with Crippen molar-refractivity contribution in [1.82, 2.24) is 0 Å². The van der Waals surface area contributed by atoms with Gasteiger partial charge >= 0.3 is 5.97 Å². The van der Waals surface area contributed by atoms with E-state index in [-0.39, 0.29) is 17.5 Å². The van der Waals surface area contributed by atoms with Gasteiger partial charge in [-0.2, -0.15) is 0 Å². The minimum atomic E-state index is -0.241. The highest BCUT2D eigenvalue weighted by Crippen LogP contribution is 2.67. The Hall–Kier alpha value is -1.35. The van der Waals surface area contributed by atoms with E-state index in [2.05, 4.69) is 56.6 Å². The molecule has 8 atom stereocenters. The van der Waals surface area contributed by atoms with Crippen molar-refractivity contribution in [3.05, 3.63) is 52.0 Å². The van der Waals surface area contributed by atoms with Gasteiger partial charge in [-0.05, 0) is 119 Å². The fourth-order valence-corrected chi connectivity index (χ4v) is 10.1. The lowest BCUT2D eigenvalue weighted by Gasteiger charge is -2.58. The van der Waals surface area contributed by atoms with Crippen LogP contribution in [0.3, 0.4) is 0 Å². The van der Waals surface area contributed by atoms with E-state index in [1.807, 2.05) is 36.4 Å². The van der Waals surface area contributed by atoms with Crippen molar-refractivity contribution in [2.75, 3.05) is 0 Å². The van der Waals surface area contributed by atoms with Crippen LogP contribution in [0.2, 0.25) is 0 Å². The first-order chi connectivity index (χ1) is 18.6. The van der Waals surface area contributed by atoms with Crippen LogP contribution >= 0.6 is 15.9 Å². The molecule has 1 aromatic rings. The van der Waals surface area contributed by atoms with Crippen LogP contribution in [0.5, 0.6) is 0 Å². The molecule has 4 aliphatic carbocycles. The van der Waals surface area contributed by atoms with E-state index in [0.717, 1.165) is 60.3 Å². The van der Waals surface area contributed by atoms with Gasteiger partial charge in [-0.3, -0.25) is 0 Å². The summed E-state index contributed by atoms with van der Waals surface area (Å²) in [5, 5.41) is 0. The number of hydrogen-bond acceptors (Lipinski definition) is 2. The van der Waals surface area contributed by atoms with E-state index in [1.54, 1.807) is 5.57 Å². The first-order valence-electron chi connectivity index (χ1n) is 15.9. The summed E-state index contributed by atoms with van der Waals surface area (Å²) in [6, 6.07) is 9.95. The summed E-state index contributed by atoms with van der Waals surface area (Å²) in [6.45, 7) is 12.5. The Balaban J connectivity index is 1.23. The van der Waals surface area contributed by atoms with Crippen LogP contribution in [0.1, 0.15) is 111 Å². The van der Waals surface area contributed by atoms with Gasteiger partial charge in [0.1, 0.15) is 10.6 Å². The molecule has 0 bridgehead atoms. The summed E-state index contributed by atoms with van der Waals surface area (Å²) >= 11 is 3.47. The van der Waals surface area contributed by atoms with Crippen molar-refractivity contribution in [2.45, 2.75) is 111 Å². The lowest BCUT2D eigenvalue weighted by Crippen LogP contribution is -2.51. The van der Waals surface area contributed by atoms with E-state index in [4.69, 9.17) is 4.74 Å². The molecule has 3 fully saturated rings. The smallest absolute Gasteiger partial charge is 0.345 e. The Labute approximate surface area is 246 Å². The van der Waals surface area contributed by atoms with Crippen molar-refractivity contribution >= 4 is 28.0 Å². The third-order valence-corrected chi connectivity index (χ3v) is 12.4. The number of hydrogen-bond donors (Lipinski definition) is 0. The molecule has 0 aliphatic heterocycles. The van der Waals surface area contributed by atoms with Gasteiger partial charge in [0, 0.05) is 6.42 Å². The molecule has 4 aliphatic rings. The minimum absolute atomic E-state index is 0.0125. The molecule has 3 saturated carbocycles. The maximum absolute atomic E-state index is 12.9. The van der Waals surface area contributed by atoms with Gasteiger partial charge < -0.3 is 4.74 Å². The highest BCUT2D eigenvalue weighted by atomic mass is 79.9. The molecular weight excluding hydrogens is 544 g/mol. The molecule has 0 unspecified atom stereocenters. The predicted octanol–water partition coefficient (Wildman–Crippen LogP) is 10.4. The fourth-order valence-electron chi connectivity index (χ4n) is 9.71. The van der Waals surface area contributed by atoms with E-state index in [0.29, 0.717) is 9.90 Å². The third kappa shape index (κ3) is 5.86. The van der Waals surface area contributed by atoms with Gasteiger partial charge in [0.25, 0.3) is 0 Å². The zero-order valence-corrected chi connectivity index (χ0v) is 26.6. The first kappa shape index (κ1) is 29.2. The average molecular weight is 596 g/mol. The maximum atomic E-state index is 12.9. The Kier molecular flexibility index (Phi) is 8.87. The standard InChI is InChI=1S/C36H51BrO2/c1-24(2)10-9-11-25(3)30-16-17-31-29-15-14-27-23-28(18-20-35(27,4)32(29)19-21-36(30,31)5)39-34(38)33(37)22-26-12-7-6-8-13-26/h6-8,12-14,22,24-25,28-32H,9-11,15-21,23H2,1-5H3/b33-22-/t25-,28+,29-,30-,31-,32+,35+,36-/m1/s1. The predicted molar refractivity (Wildman–Crippen MR) is 166 cm³/mol. The van der Waals surface area contributed by atoms with Crippen molar-refractivity contribution in [1.29, 1.82) is 0 Å².